The molecule has 1 aliphatic heterocycles. The summed E-state index contributed by atoms with van der Waals surface area (Å²) >= 11 is 1.52. The Hall–Kier alpha value is -1.51. The number of likely N-dealkylation sites (N-methyl/N-ethyl adjacent to an activating group) is 1. The van der Waals surface area contributed by atoms with Crippen molar-refractivity contribution in [3.05, 3.63) is 10.6 Å². The number of amides is 1. The minimum absolute atomic E-state index is 0.0345. The first kappa shape index (κ1) is 19.8. The number of aromatic nitrogens is 1. The molecule has 1 fully saturated rings. The number of thiazole rings is 1. The van der Waals surface area contributed by atoms with E-state index in [0.717, 1.165) is 49.5 Å². The number of anilines is 1. The summed E-state index contributed by atoms with van der Waals surface area (Å²) in [5, 5.41) is 12.6. The molecule has 7 nitrogen and oxygen atoms in total. The third-order valence-corrected chi connectivity index (χ3v) is 5.59. The van der Waals surface area contributed by atoms with Crippen LogP contribution in [0.3, 0.4) is 0 Å². The summed E-state index contributed by atoms with van der Waals surface area (Å²) in [6.07, 6.45) is 2.66. The number of nitrogens with zero attached hydrogens (tertiary/aromatic N) is 3. The topological polar surface area (TPSA) is 85.8 Å². The van der Waals surface area contributed by atoms with Crippen LogP contribution in [0.4, 0.5) is 5.13 Å². The molecular weight excluding hydrogens is 340 g/mol. The lowest BCUT2D eigenvalue weighted by Crippen LogP contribution is -2.48. The highest BCUT2D eigenvalue weighted by atomic mass is 32.1. The van der Waals surface area contributed by atoms with Crippen molar-refractivity contribution < 1.29 is 14.7 Å². The SMILES string of the molecule is CCc1nc(NC(=O)CN2CCC(N(CC)CC(=O)O)CC2)sc1C. The summed E-state index contributed by atoms with van der Waals surface area (Å²) in [7, 11) is 0. The second-order valence-electron chi connectivity index (χ2n) is 6.39. The van der Waals surface area contributed by atoms with Gasteiger partial charge in [-0.3, -0.25) is 19.4 Å². The monoisotopic (exact) mass is 368 g/mol. The van der Waals surface area contributed by atoms with E-state index in [1.807, 2.05) is 18.7 Å². The van der Waals surface area contributed by atoms with Crippen LogP contribution in [0, 0.1) is 6.92 Å². The second-order valence-corrected chi connectivity index (χ2v) is 7.59. The van der Waals surface area contributed by atoms with Crippen molar-refractivity contribution >= 4 is 28.3 Å². The molecule has 25 heavy (non-hydrogen) atoms. The molecule has 0 aliphatic carbocycles. The van der Waals surface area contributed by atoms with Crippen molar-refractivity contribution in [3.63, 3.8) is 0 Å². The largest absolute Gasteiger partial charge is 0.480 e. The minimum Gasteiger partial charge on any atom is -0.480 e. The molecule has 0 bridgehead atoms. The van der Waals surface area contributed by atoms with Gasteiger partial charge in [0.1, 0.15) is 0 Å². The number of carboxylic acids is 1. The Bertz CT molecular complexity index is 597. The van der Waals surface area contributed by atoms with Crippen LogP contribution in [-0.4, -0.2) is 70.5 Å². The van der Waals surface area contributed by atoms with Gasteiger partial charge in [-0.15, -0.1) is 11.3 Å². The zero-order valence-corrected chi connectivity index (χ0v) is 16.1. The van der Waals surface area contributed by atoms with Crippen molar-refractivity contribution in [2.75, 3.05) is 38.0 Å². The van der Waals surface area contributed by atoms with E-state index in [1.54, 1.807) is 0 Å². The summed E-state index contributed by atoms with van der Waals surface area (Å²) in [5.41, 5.74) is 1.04. The van der Waals surface area contributed by atoms with Crippen molar-refractivity contribution in [2.24, 2.45) is 0 Å². The van der Waals surface area contributed by atoms with Crippen LogP contribution in [0.2, 0.25) is 0 Å². The Morgan fingerprint density at radius 3 is 2.56 bits per heavy atom. The molecule has 0 spiro atoms. The summed E-state index contributed by atoms with van der Waals surface area (Å²) in [5.74, 6) is -0.818. The van der Waals surface area contributed by atoms with Gasteiger partial charge in [-0.05, 0) is 32.7 Å². The molecular formula is C17H28N4O3S. The number of carbonyl (C=O) groups is 2. The maximum Gasteiger partial charge on any atom is 0.317 e. The number of carbonyl (C=O) groups excluding carboxylic acids is 1. The molecule has 2 heterocycles. The van der Waals surface area contributed by atoms with Crippen LogP contribution in [0.5, 0.6) is 0 Å². The molecule has 2 rings (SSSR count). The zero-order valence-electron chi connectivity index (χ0n) is 15.2. The number of aliphatic carboxylic acids is 1. The molecule has 8 heteroatoms. The molecule has 1 aromatic rings. The minimum atomic E-state index is -0.783. The molecule has 0 unspecified atom stereocenters. The highest BCUT2D eigenvalue weighted by Gasteiger charge is 2.26. The highest BCUT2D eigenvalue weighted by Crippen LogP contribution is 2.22. The van der Waals surface area contributed by atoms with Crippen molar-refractivity contribution in [2.45, 2.75) is 46.1 Å². The van der Waals surface area contributed by atoms with E-state index in [9.17, 15) is 9.59 Å². The van der Waals surface area contributed by atoms with E-state index in [0.29, 0.717) is 11.7 Å². The van der Waals surface area contributed by atoms with E-state index in [2.05, 4.69) is 22.1 Å². The summed E-state index contributed by atoms with van der Waals surface area (Å²) < 4.78 is 0. The van der Waals surface area contributed by atoms with Crippen LogP contribution in [-0.2, 0) is 16.0 Å². The van der Waals surface area contributed by atoms with Crippen LogP contribution >= 0.6 is 11.3 Å². The van der Waals surface area contributed by atoms with Crippen LogP contribution in [0.15, 0.2) is 0 Å². The first-order valence-corrected chi connectivity index (χ1v) is 9.68. The summed E-state index contributed by atoms with van der Waals surface area (Å²) in [6.45, 7) is 8.87. The number of nitrogens with one attached hydrogen (secondary N) is 1. The maximum absolute atomic E-state index is 12.2. The van der Waals surface area contributed by atoms with E-state index in [-0.39, 0.29) is 18.5 Å². The van der Waals surface area contributed by atoms with Gasteiger partial charge in [-0.2, -0.15) is 0 Å². The Labute approximate surface area is 153 Å². The summed E-state index contributed by atoms with van der Waals surface area (Å²) in [4.78, 5) is 32.9. The predicted octanol–water partition coefficient (Wildman–Crippen LogP) is 1.82. The molecule has 1 aromatic heterocycles. The van der Waals surface area contributed by atoms with Gasteiger partial charge in [0.25, 0.3) is 0 Å². The van der Waals surface area contributed by atoms with E-state index < -0.39 is 5.97 Å². The van der Waals surface area contributed by atoms with Crippen LogP contribution in [0.25, 0.3) is 0 Å². The lowest BCUT2D eigenvalue weighted by molar-refractivity contribution is -0.139. The average Bonchev–Trinajstić information content (AvgIpc) is 2.92. The molecule has 140 valence electrons. The molecule has 1 saturated heterocycles. The van der Waals surface area contributed by atoms with E-state index in [1.165, 1.54) is 11.3 Å². The van der Waals surface area contributed by atoms with Gasteiger partial charge in [-0.25, -0.2) is 4.98 Å². The summed E-state index contributed by atoms with van der Waals surface area (Å²) in [6, 6.07) is 0.286. The third-order valence-electron chi connectivity index (χ3n) is 4.66. The number of carboxylic acid groups (broad SMARTS) is 1. The Morgan fingerprint density at radius 2 is 2.04 bits per heavy atom. The predicted molar refractivity (Wildman–Crippen MR) is 99.2 cm³/mol. The van der Waals surface area contributed by atoms with Gasteiger partial charge in [0.15, 0.2) is 5.13 Å². The van der Waals surface area contributed by atoms with Crippen LogP contribution < -0.4 is 5.32 Å². The first-order valence-electron chi connectivity index (χ1n) is 8.87. The zero-order chi connectivity index (χ0) is 18.4. The Balaban J connectivity index is 1.78. The fraction of sp³-hybridized carbons (Fsp3) is 0.706. The Morgan fingerprint density at radius 1 is 1.36 bits per heavy atom. The molecule has 0 saturated carbocycles. The standard InChI is InChI=1S/C17H28N4O3S/c1-4-14-12(3)25-17(18-14)19-15(22)10-20-8-6-13(7-9-20)21(5-2)11-16(23)24/h13H,4-11H2,1-3H3,(H,23,24)(H,18,19,22). The van der Waals surface area contributed by atoms with E-state index in [4.69, 9.17) is 5.11 Å². The van der Waals surface area contributed by atoms with Crippen molar-refractivity contribution in [1.29, 1.82) is 0 Å². The van der Waals surface area contributed by atoms with Gasteiger partial charge in [0.2, 0.25) is 5.91 Å². The fourth-order valence-electron chi connectivity index (χ4n) is 3.29. The molecule has 1 aliphatic rings. The molecule has 0 atom stereocenters. The van der Waals surface area contributed by atoms with Gasteiger partial charge >= 0.3 is 5.97 Å². The molecule has 2 N–H and O–H groups in total. The number of rotatable bonds is 8. The fourth-order valence-corrected chi connectivity index (χ4v) is 4.21. The maximum atomic E-state index is 12.2. The lowest BCUT2D eigenvalue weighted by Gasteiger charge is -2.37. The number of likely N-dealkylation sites (tertiary alicyclic amines) is 1. The molecule has 1 amide bonds. The quantitative estimate of drug-likeness (QED) is 0.728. The van der Waals surface area contributed by atoms with Gasteiger partial charge in [0.05, 0.1) is 18.8 Å². The lowest BCUT2D eigenvalue weighted by atomic mass is 10.0. The molecule has 0 radical (unpaired) electrons. The smallest absolute Gasteiger partial charge is 0.317 e. The Kier molecular flexibility index (Phi) is 7.34. The number of aryl methyl sites for hydroxylation is 2. The van der Waals surface area contributed by atoms with Crippen LogP contribution in [0.1, 0.15) is 37.3 Å². The average molecular weight is 369 g/mol. The number of hydrogen-bond acceptors (Lipinski definition) is 6. The third kappa shape index (κ3) is 5.76. The van der Waals surface area contributed by atoms with Gasteiger partial charge in [0, 0.05) is 24.0 Å². The first-order chi connectivity index (χ1) is 11.9. The number of piperidine rings is 1. The van der Waals surface area contributed by atoms with Gasteiger partial charge in [-0.1, -0.05) is 13.8 Å². The van der Waals surface area contributed by atoms with Crippen molar-refractivity contribution in [1.82, 2.24) is 14.8 Å². The normalized spacial score (nSPS) is 16.3. The van der Waals surface area contributed by atoms with Gasteiger partial charge < -0.3 is 10.4 Å². The number of hydrogen-bond donors (Lipinski definition) is 2. The molecule has 0 aromatic carbocycles. The van der Waals surface area contributed by atoms with Crippen molar-refractivity contribution in [3.8, 4) is 0 Å². The second kappa shape index (κ2) is 9.26. The van der Waals surface area contributed by atoms with E-state index >= 15 is 0 Å². The highest BCUT2D eigenvalue weighted by molar-refractivity contribution is 7.15.